The molecule has 2 amide bonds. The number of hydrogen-bond donors (Lipinski definition) is 3. The van der Waals surface area contributed by atoms with E-state index in [9.17, 15) is 9.59 Å². The van der Waals surface area contributed by atoms with E-state index in [-0.39, 0.29) is 13.0 Å². The molecule has 3 N–H and O–H groups in total. The van der Waals surface area contributed by atoms with E-state index in [4.69, 9.17) is 14.9 Å². The van der Waals surface area contributed by atoms with E-state index in [1.807, 2.05) is 6.08 Å². The summed E-state index contributed by atoms with van der Waals surface area (Å²) in [7, 11) is 1.62. The van der Waals surface area contributed by atoms with Gasteiger partial charge in [-0.1, -0.05) is 6.08 Å². The maximum absolute atomic E-state index is 11.9. The Hall–Kier alpha value is -1.60. The topological polar surface area (TPSA) is 99.1 Å². The first kappa shape index (κ1) is 15.5. The molecule has 108 valence electrons. The molecule has 7 nitrogen and oxygen atoms in total. The van der Waals surface area contributed by atoms with Gasteiger partial charge in [-0.2, -0.15) is 0 Å². The molecule has 0 spiro atoms. The number of ether oxygens (including phenoxy) is 1. The molecule has 0 aliphatic carbocycles. The van der Waals surface area contributed by atoms with Gasteiger partial charge in [0.1, 0.15) is 6.04 Å². The zero-order valence-electron chi connectivity index (χ0n) is 11.0. The zero-order valence-corrected chi connectivity index (χ0v) is 11.0. The second kappa shape index (κ2) is 7.75. The van der Waals surface area contributed by atoms with E-state index in [0.29, 0.717) is 19.7 Å². The van der Waals surface area contributed by atoms with Gasteiger partial charge in [0.15, 0.2) is 0 Å². The van der Waals surface area contributed by atoms with Crippen molar-refractivity contribution >= 4 is 12.0 Å². The van der Waals surface area contributed by atoms with Gasteiger partial charge >= 0.3 is 12.0 Å². The van der Waals surface area contributed by atoms with E-state index >= 15 is 0 Å². The highest BCUT2D eigenvalue weighted by atomic mass is 16.5. The zero-order chi connectivity index (χ0) is 14.3. The molecule has 1 atom stereocenters. The number of hydrogen-bond acceptors (Lipinski definition) is 4. The van der Waals surface area contributed by atoms with Gasteiger partial charge in [-0.05, 0) is 12.0 Å². The van der Waals surface area contributed by atoms with Gasteiger partial charge in [-0.3, -0.25) is 0 Å². The molecule has 0 fully saturated rings. The Morgan fingerprint density at radius 1 is 1.58 bits per heavy atom. The first-order chi connectivity index (χ1) is 9.08. The van der Waals surface area contributed by atoms with Crippen LogP contribution in [-0.4, -0.2) is 66.6 Å². The lowest BCUT2D eigenvalue weighted by Crippen LogP contribution is -2.49. The van der Waals surface area contributed by atoms with Gasteiger partial charge in [0.2, 0.25) is 0 Å². The number of nitrogens with zero attached hydrogens (tertiary/aromatic N) is 1. The fourth-order valence-corrected chi connectivity index (χ4v) is 1.84. The number of rotatable bonds is 6. The summed E-state index contributed by atoms with van der Waals surface area (Å²) in [6.45, 7) is 1.25. The average Bonchev–Trinajstić information content (AvgIpc) is 2.39. The van der Waals surface area contributed by atoms with Crippen LogP contribution < -0.4 is 5.32 Å². The van der Waals surface area contributed by atoms with Gasteiger partial charge in [0.25, 0.3) is 0 Å². The predicted molar refractivity (Wildman–Crippen MR) is 67.8 cm³/mol. The van der Waals surface area contributed by atoms with Crippen LogP contribution in [0.1, 0.15) is 12.8 Å². The Labute approximate surface area is 111 Å². The molecule has 0 saturated heterocycles. The number of carboxylic acid groups (broad SMARTS) is 1. The Morgan fingerprint density at radius 3 is 2.79 bits per heavy atom. The fourth-order valence-electron chi connectivity index (χ4n) is 1.84. The molecule has 0 aromatic rings. The van der Waals surface area contributed by atoms with Gasteiger partial charge in [0.05, 0.1) is 6.61 Å². The third-order valence-corrected chi connectivity index (χ3v) is 2.93. The van der Waals surface area contributed by atoms with E-state index in [1.165, 1.54) is 4.90 Å². The Morgan fingerprint density at radius 2 is 2.32 bits per heavy atom. The van der Waals surface area contributed by atoms with Crippen LogP contribution in [0.15, 0.2) is 11.6 Å². The summed E-state index contributed by atoms with van der Waals surface area (Å²) in [6, 6.07) is -1.48. The Balaban J connectivity index is 2.48. The molecule has 0 aromatic heterocycles. The van der Waals surface area contributed by atoms with Gasteiger partial charge in [0, 0.05) is 33.2 Å². The first-order valence-electron chi connectivity index (χ1n) is 6.14. The summed E-state index contributed by atoms with van der Waals surface area (Å²) in [6.07, 6.45) is 2.63. The molecule has 0 saturated carbocycles. The monoisotopic (exact) mass is 272 g/mol. The van der Waals surface area contributed by atoms with Gasteiger partial charge in [-0.25, -0.2) is 9.59 Å². The van der Waals surface area contributed by atoms with Crippen molar-refractivity contribution in [2.45, 2.75) is 18.9 Å². The molecule has 0 unspecified atom stereocenters. The minimum atomic E-state index is -1.14. The molecule has 19 heavy (non-hydrogen) atoms. The lowest BCUT2D eigenvalue weighted by atomic mass is 10.1. The average molecular weight is 272 g/mol. The minimum Gasteiger partial charge on any atom is -0.480 e. The van der Waals surface area contributed by atoms with Crippen LogP contribution >= 0.6 is 0 Å². The van der Waals surface area contributed by atoms with Gasteiger partial charge in [-0.15, -0.1) is 0 Å². The number of carbonyl (C=O) groups excluding carboxylic acids is 1. The highest BCUT2D eigenvalue weighted by Crippen LogP contribution is 2.11. The number of aliphatic hydroxyl groups is 1. The highest BCUT2D eigenvalue weighted by Gasteiger charge is 2.23. The normalized spacial score (nSPS) is 16.7. The quantitative estimate of drug-likeness (QED) is 0.582. The van der Waals surface area contributed by atoms with Crippen molar-refractivity contribution in [3.63, 3.8) is 0 Å². The van der Waals surface area contributed by atoms with Crippen molar-refractivity contribution in [2.24, 2.45) is 0 Å². The highest BCUT2D eigenvalue weighted by molar-refractivity contribution is 5.82. The van der Waals surface area contributed by atoms with Crippen LogP contribution in [0.2, 0.25) is 0 Å². The summed E-state index contributed by atoms with van der Waals surface area (Å²) in [4.78, 5) is 24.3. The van der Waals surface area contributed by atoms with Crippen molar-refractivity contribution in [1.82, 2.24) is 10.2 Å². The van der Waals surface area contributed by atoms with E-state index < -0.39 is 18.0 Å². The summed E-state index contributed by atoms with van der Waals surface area (Å²) < 4.78 is 5.01. The molecular formula is C12H20N2O5. The SMILES string of the molecule is COCC1=CCN(C(=O)N[C@@H](CCO)C(=O)O)CC1. The van der Waals surface area contributed by atoms with Crippen LogP contribution in [0.25, 0.3) is 0 Å². The van der Waals surface area contributed by atoms with Crippen LogP contribution in [0, 0.1) is 0 Å². The smallest absolute Gasteiger partial charge is 0.326 e. The molecule has 1 rings (SSSR count). The number of nitrogens with one attached hydrogen (secondary N) is 1. The van der Waals surface area contributed by atoms with Crippen LogP contribution in [0.4, 0.5) is 4.79 Å². The van der Waals surface area contributed by atoms with Crippen molar-refractivity contribution < 1.29 is 24.5 Å². The maximum Gasteiger partial charge on any atom is 0.326 e. The van der Waals surface area contributed by atoms with Crippen LogP contribution in [0.3, 0.4) is 0 Å². The molecule has 1 aliphatic rings. The maximum atomic E-state index is 11.9. The Kier molecular flexibility index (Phi) is 6.31. The minimum absolute atomic E-state index is 0.000320. The number of carboxylic acids is 1. The van der Waals surface area contributed by atoms with Crippen LogP contribution in [0.5, 0.6) is 0 Å². The largest absolute Gasteiger partial charge is 0.480 e. The van der Waals surface area contributed by atoms with Crippen molar-refractivity contribution in [2.75, 3.05) is 33.4 Å². The molecule has 0 radical (unpaired) electrons. The van der Waals surface area contributed by atoms with Crippen molar-refractivity contribution in [1.29, 1.82) is 0 Å². The third kappa shape index (κ3) is 4.88. The van der Waals surface area contributed by atoms with E-state index in [0.717, 1.165) is 12.0 Å². The molecule has 7 heteroatoms. The molecule has 1 aliphatic heterocycles. The van der Waals surface area contributed by atoms with Crippen LogP contribution in [-0.2, 0) is 9.53 Å². The number of urea groups is 1. The molecule has 0 aromatic carbocycles. The van der Waals surface area contributed by atoms with Crippen molar-refractivity contribution in [3.8, 4) is 0 Å². The van der Waals surface area contributed by atoms with Gasteiger partial charge < -0.3 is 25.2 Å². The Bertz CT molecular complexity index is 356. The second-order valence-corrected chi connectivity index (χ2v) is 4.34. The number of aliphatic hydroxyl groups excluding tert-OH is 1. The van der Waals surface area contributed by atoms with E-state index in [1.54, 1.807) is 7.11 Å². The summed E-state index contributed by atoms with van der Waals surface area (Å²) in [5.41, 5.74) is 1.14. The summed E-state index contributed by atoms with van der Waals surface area (Å²) >= 11 is 0. The number of aliphatic carboxylic acids is 1. The van der Waals surface area contributed by atoms with Crippen molar-refractivity contribution in [3.05, 3.63) is 11.6 Å². The number of methoxy groups -OCH3 is 1. The standard InChI is InChI=1S/C12H20N2O5/c1-19-8-9-2-5-14(6-3-9)12(18)13-10(4-7-15)11(16)17/h2,10,15H,3-8H2,1H3,(H,13,18)(H,16,17)/t10-/m0/s1. The fraction of sp³-hybridized carbons (Fsp3) is 0.667. The summed E-state index contributed by atoms with van der Waals surface area (Å²) in [5.74, 6) is -1.14. The summed E-state index contributed by atoms with van der Waals surface area (Å²) in [5, 5.41) is 20.0. The first-order valence-corrected chi connectivity index (χ1v) is 6.14. The van der Waals surface area contributed by atoms with E-state index in [2.05, 4.69) is 5.32 Å². The third-order valence-electron chi connectivity index (χ3n) is 2.93. The molecule has 0 bridgehead atoms. The number of amides is 2. The molecule has 1 heterocycles. The second-order valence-electron chi connectivity index (χ2n) is 4.34. The predicted octanol–water partition coefficient (Wildman–Crippen LogP) is -0.190. The number of carbonyl (C=O) groups is 2. The lowest BCUT2D eigenvalue weighted by molar-refractivity contribution is -0.139. The molecular weight excluding hydrogens is 252 g/mol. The lowest BCUT2D eigenvalue weighted by Gasteiger charge is -2.27.